The number of hydrogen-bond acceptors (Lipinski definition) is 3. The average Bonchev–Trinajstić information content (AvgIpc) is 2.81. The van der Waals surface area contributed by atoms with Gasteiger partial charge in [-0.05, 0) is 48.9 Å². The van der Waals surface area contributed by atoms with Crippen LogP contribution in [0.25, 0.3) is 0 Å². The van der Waals surface area contributed by atoms with Gasteiger partial charge in [0.25, 0.3) is 0 Å². The van der Waals surface area contributed by atoms with Gasteiger partial charge in [0.05, 0.1) is 6.04 Å². The lowest BCUT2D eigenvalue weighted by Gasteiger charge is -2.17. The Bertz CT molecular complexity index is 413. The molecule has 0 aliphatic carbocycles. The van der Waals surface area contributed by atoms with Crippen molar-refractivity contribution in [1.82, 2.24) is 4.42 Å². The maximum Gasteiger partial charge on any atom is 0.148 e. The van der Waals surface area contributed by atoms with Crippen LogP contribution in [-0.4, -0.2) is 30.2 Å². The summed E-state index contributed by atoms with van der Waals surface area (Å²) in [4.78, 5) is 0. The van der Waals surface area contributed by atoms with Crippen LogP contribution in [0.4, 0.5) is 0 Å². The molecule has 1 saturated heterocycles. The maximum atomic E-state index is 6.04. The minimum atomic E-state index is 0.281. The summed E-state index contributed by atoms with van der Waals surface area (Å²) in [6.45, 7) is 1.84. The fraction of sp³-hybridized carbons (Fsp3) is 0.429. The summed E-state index contributed by atoms with van der Waals surface area (Å²) in [5.41, 5.74) is 0. The Labute approximate surface area is 113 Å². The molecular formula is C14H16ClNO2. The first-order valence-corrected chi connectivity index (χ1v) is 6.35. The van der Waals surface area contributed by atoms with Crippen LogP contribution < -0.4 is 9.47 Å². The fourth-order valence-electron chi connectivity index (χ4n) is 1.91. The third-order valence-electron chi connectivity index (χ3n) is 2.89. The molecule has 0 radical (unpaired) electrons. The second-order valence-corrected chi connectivity index (χ2v) is 4.63. The highest BCUT2D eigenvalue weighted by Crippen LogP contribution is 2.22. The van der Waals surface area contributed by atoms with Gasteiger partial charge in [-0.15, -0.1) is 6.42 Å². The van der Waals surface area contributed by atoms with Crippen molar-refractivity contribution in [3.05, 3.63) is 24.3 Å². The Kier molecular flexibility index (Phi) is 4.74. The predicted molar refractivity (Wildman–Crippen MR) is 71.8 cm³/mol. The molecule has 0 amide bonds. The molecule has 3 nitrogen and oxygen atoms in total. The summed E-state index contributed by atoms with van der Waals surface area (Å²) in [7, 11) is 0. The van der Waals surface area contributed by atoms with Crippen molar-refractivity contribution >= 4 is 11.8 Å². The van der Waals surface area contributed by atoms with Gasteiger partial charge in [-0.25, -0.2) is 4.42 Å². The van der Waals surface area contributed by atoms with Crippen molar-refractivity contribution in [3.63, 3.8) is 0 Å². The SMILES string of the molecule is C#CCOc1ccc(OC[C@H]2CCCN2Cl)cc1. The van der Waals surface area contributed by atoms with Crippen molar-refractivity contribution in [2.75, 3.05) is 19.8 Å². The lowest BCUT2D eigenvalue weighted by Crippen LogP contribution is -2.26. The molecule has 0 bridgehead atoms. The van der Waals surface area contributed by atoms with E-state index < -0.39 is 0 Å². The molecule has 1 aliphatic rings. The lowest BCUT2D eigenvalue weighted by atomic mass is 10.2. The van der Waals surface area contributed by atoms with E-state index in [1.165, 1.54) is 0 Å². The Morgan fingerprint density at radius 2 is 1.94 bits per heavy atom. The zero-order valence-electron chi connectivity index (χ0n) is 10.1. The Hall–Kier alpha value is -1.37. The maximum absolute atomic E-state index is 6.04. The van der Waals surface area contributed by atoms with Gasteiger partial charge in [-0.3, -0.25) is 0 Å². The number of terminal acetylenes is 1. The summed E-state index contributed by atoms with van der Waals surface area (Å²) in [5, 5.41) is 0. The first-order valence-electron chi connectivity index (χ1n) is 6.01. The van der Waals surface area contributed by atoms with E-state index in [-0.39, 0.29) is 6.61 Å². The monoisotopic (exact) mass is 265 g/mol. The number of nitrogens with zero attached hydrogens (tertiary/aromatic N) is 1. The second-order valence-electron chi connectivity index (χ2n) is 4.19. The first kappa shape index (κ1) is 13.1. The lowest BCUT2D eigenvalue weighted by molar-refractivity contribution is 0.236. The minimum absolute atomic E-state index is 0.281. The number of halogens is 1. The number of benzene rings is 1. The molecule has 1 fully saturated rings. The number of ether oxygens (including phenoxy) is 2. The third kappa shape index (κ3) is 3.56. The first-order chi connectivity index (χ1) is 8.79. The molecule has 4 heteroatoms. The van der Waals surface area contributed by atoms with Gasteiger partial charge in [-0.1, -0.05) is 5.92 Å². The van der Waals surface area contributed by atoms with Crippen LogP contribution in [0, 0.1) is 12.3 Å². The Morgan fingerprint density at radius 1 is 1.28 bits per heavy atom. The molecule has 18 heavy (non-hydrogen) atoms. The molecule has 0 saturated carbocycles. The van der Waals surface area contributed by atoms with Crippen LogP contribution >= 0.6 is 11.8 Å². The molecule has 2 rings (SSSR count). The largest absolute Gasteiger partial charge is 0.492 e. The van der Waals surface area contributed by atoms with Crippen LogP contribution in [-0.2, 0) is 0 Å². The second kappa shape index (κ2) is 6.53. The molecule has 1 aromatic carbocycles. The highest BCUT2D eigenvalue weighted by Gasteiger charge is 2.23. The summed E-state index contributed by atoms with van der Waals surface area (Å²) >= 11 is 6.04. The molecule has 0 N–H and O–H groups in total. The van der Waals surface area contributed by atoms with E-state index in [4.69, 9.17) is 27.7 Å². The molecule has 1 atom stereocenters. The van der Waals surface area contributed by atoms with Gasteiger partial charge in [0.15, 0.2) is 0 Å². The van der Waals surface area contributed by atoms with Gasteiger partial charge >= 0.3 is 0 Å². The van der Waals surface area contributed by atoms with Crippen LogP contribution in [0.15, 0.2) is 24.3 Å². The van der Waals surface area contributed by atoms with Crippen LogP contribution in [0.5, 0.6) is 11.5 Å². The van der Waals surface area contributed by atoms with E-state index in [9.17, 15) is 0 Å². The summed E-state index contributed by atoms with van der Waals surface area (Å²) in [5.74, 6) is 3.99. The van der Waals surface area contributed by atoms with Gasteiger partial charge < -0.3 is 9.47 Å². The van der Waals surface area contributed by atoms with Gasteiger partial charge in [-0.2, -0.15) is 0 Å². The molecule has 1 aliphatic heterocycles. The van der Waals surface area contributed by atoms with E-state index in [0.29, 0.717) is 12.6 Å². The van der Waals surface area contributed by atoms with E-state index in [2.05, 4.69) is 5.92 Å². The highest BCUT2D eigenvalue weighted by molar-refractivity contribution is 6.13. The van der Waals surface area contributed by atoms with E-state index >= 15 is 0 Å². The van der Waals surface area contributed by atoms with Crippen molar-refractivity contribution < 1.29 is 9.47 Å². The van der Waals surface area contributed by atoms with Crippen LogP contribution in [0.1, 0.15) is 12.8 Å². The number of hydrogen-bond donors (Lipinski definition) is 0. The molecule has 0 unspecified atom stereocenters. The van der Waals surface area contributed by atoms with Gasteiger partial charge in [0.1, 0.15) is 24.7 Å². The topological polar surface area (TPSA) is 21.7 Å². The normalized spacial score (nSPS) is 19.4. The van der Waals surface area contributed by atoms with E-state index in [1.54, 1.807) is 0 Å². The fourth-order valence-corrected chi connectivity index (χ4v) is 2.19. The van der Waals surface area contributed by atoms with Crippen molar-refractivity contribution in [2.24, 2.45) is 0 Å². The van der Waals surface area contributed by atoms with Crippen LogP contribution in [0.2, 0.25) is 0 Å². The van der Waals surface area contributed by atoms with E-state index in [0.717, 1.165) is 30.9 Å². The minimum Gasteiger partial charge on any atom is -0.492 e. The standard InChI is InChI=1S/C14H16ClNO2/c1-2-10-17-13-5-7-14(8-6-13)18-11-12-4-3-9-16(12)15/h1,5-8,12H,3-4,9-11H2/t12-/m1/s1. The summed E-state index contributed by atoms with van der Waals surface area (Å²) in [6.07, 6.45) is 7.35. The summed E-state index contributed by atoms with van der Waals surface area (Å²) < 4.78 is 12.8. The molecule has 96 valence electrons. The Morgan fingerprint density at radius 3 is 2.50 bits per heavy atom. The third-order valence-corrected chi connectivity index (χ3v) is 3.34. The quantitative estimate of drug-likeness (QED) is 0.604. The zero-order chi connectivity index (χ0) is 12.8. The molecule has 1 heterocycles. The van der Waals surface area contributed by atoms with Crippen molar-refractivity contribution in [3.8, 4) is 23.8 Å². The smallest absolute Gasteiger partial charge is 0.148 e. The predicted octanol–water partition coefficient (Wildman–Crippen LogP) is 2.70. The Balaban J connectivity index is 1.81. The van der Waals surface area contributed by atoms with Crippen LogP contribution in [0.3, 0.4) is 0 Å². The van der Waals surface area contributed by atoms with Crippen molar-refractivity contribution in [2.45, 2.75) is 18.9 Å². The van der Waals surface area contributed by atoms with Gasteiger partial charge in [0.2, 0.25) is 0 Å². The highest BCUT2D eigenvalue weighted by atomic mass is 35.5. The average molecular weight is 266 g/mol. The molecule has 1 aromatic rings. The van der Waals surface area contributed by atoms with E-state index in [1.807, 2.05) is 28.7 Å². The molecule has 0 aromatic heterocycles. The molecule has 0 spiro atoms. The van der Waals surface area contributed by atoms with Crippen molar-refractivity contribution in [1.29, 1.82) is 0 Å². The molecular weight excluding hydrogens is 250 g/mol. The number of rotatable bonds is 5. The zero-order valence-corrected chi connectivity index (χ0v) is 10.9. The summed E-state index contributed by atoms with van der Waals surface area (Å²) in [6, 6.07) is 7.75. The van der Waals surface area contributed by atoms with Gasteiger partial charge in [0, 0.05) is 6.54 Å².